The van der Waals surface area contributed by atoms with Crippen LogP contribution in [0.3, 0.4) is 0 Å². The van der Waals surface area contributed by atoms with Crippen molar-refractivity contribution in [2.75, 3.05) is 19.0 Å². The lowest BCUT2D eigenvalue weighted by Crippen LogP contribution is -2.14. The van der Waals surface area contributed by atoms with Gasteiger partial charge in [0.2, 0.25) is 0 Å². The predicted molar refractivity (Wildman–Crippen MR) is 77.4 cm³/mol. The lowest BCUT2D eigenvalue weighted by Gasteiger charge is -2.17. The van der Waals surface area contributed by atoms with Crippen LogP contribution in [0.4, 0.5) is 5.69 Å². The fourth-order valence-electron chi connectivity index (χ4n) is 2.78. The Kier molecular flexibility index (Phi) is 4.91. The second-order valence-corrected chi connectivity index (χ2v) is 5.42. The number of ether oxygens (including phenoxy) is 1. The molecule has 0 bridgehead atoms. The Bertz CT molecular complexity index is 367. The van der Waals surface area contributed by atoms with Crippen molar-refractivity contribution in [3.63, 3.8) is 0 Å². The van der Waals surface area contributed by atoms with Gasteiger partial charge in [-0.05, 0) is 49.4 Å². The van der Waals surface area contributed by atoms with Gasteiger partial charge in [-0.1, -0.05) is 25.7 Å². The molecule has 18 heavy (non-hydrogen) atoms. The SMILES string of the molecule is COc1ccc(NCC2CCCCCC2)c(C)c1. The molecule has 1 aliphatic rings. The van der Waals surface area contributed by atoms with Crippen molar-refractivity contribution in [3.8, 4) is 5.75 Å². The van der Waals surface area contributed by atoms with Gasteiger partial charge in [0.05, 0.1) is 7.11 Å². The van der Waals surface area contributed by atoms with Crippen LogP contribution >= 0.6 is 0 Å². The van der Waals surface area contributed by atoms with Crippen LogP contribution in [0.2, 0.25) is 0 Å². The molecular weight excluding hydrogens is 222 g/mol. The third-order valence-electron chi connectivity index (χ3n) is 3.99. The first-order valence-electron chi connectivity index (χ1n) is 7.18. The number of methoxy groups -OCH3 is 1. The summed E-state index contributed by atoms with van der Waals surface area (Å²) in [6.07, 6.45) is 8.46. The minimum atomic E-state index is 0.856. The first-order valence-corrected chi connectivity index (χ1v) is 7.18. The number of nitrogens with one attached hydrogen (secondary N) is 1. The Morgan fingerprint density at radius 2 is 1.89 bits per heavy atom. The van der Waals surface area contributed by atoms with Crippen LogP contribution in [-0.4, -0.2) is 13.7 Å². The molecule has 0 heterocycles. The molecule has 1 aliphatic carbocycles. The maximum atomic E-state index is 5.23. The molecule has 0 aliphatic heterocycles. The number of rotatable bonds is 4. The second-order valence-electron chi connectivity index (χ2n) is 5.42. The molecule has 1 N–H and O–H groups in total. The second kappa shape index (κ2) is 6.67. The van der Waals surface area contributed by atoms with Crippen LogP contribution in [0, 0.1) is 12.8 Å². The maximum Gasteiger partial charge on any atom is 0.119 e. The Labute approximate surface area is 111 Å². The van der Waals surface area contributed by atoms with E-state index >= 15 is 0 Å². The summed E-state index contributed by atoms with van der Waals surface area (Å²) in [6.45, 7) is 3.26. The van der Waals surface area contributed by atoms with E-state index in [1.54, 1.807) is 7.11 Å². The first-order chi connectivity index (χ1) is 8.79. The summed E-state index contributed by atoms with van der Waals surface area (Å²) in [5, 5.41) is 3.61. The molecule has 1 saturated carbocycles. The molecule has 1 aromatic rings. The molecule has 2 nitrogen and oxygen atoms in total. The first kappa shape index (κ1) is 13.3. The lowest BCUT2D eigenvalue weighted by atomic mass is 10.0. The molecule has 2 rings (SSSR count). The minimum Gasteiger partial charge on any atom is -0.497 e. The van der Waals surface area contributed by atoms with Gasteiger partial charge >= 0.3 is 0 Å². The quantitative estimate of drug-likeness (QED) is 0.797. The summed E-state index contributed by atoms with van der Waals surface area (Å²) in [6, 6.07) is 6.25. The van der Waals surface area contributed by atoms with Crippen molar-refractivity contribution in [2.45, 2.75) is 45.4 Å². The monoisotopic (exact) mass is 247 g/mol. The lowest BCUT2D eigenvalue weighted by molar-refractivity contribution is 0.414. The zero-order valence-electron chi connectivity index (χ0n) is 11.7. The van der Waals surface area contributed by atoms with Crippen molar-refractivity contribution in [2.24, 2.45) is 5.92 Å². The number of hydrogen-bond acceptors (Lipinski definition) is 2. The van der Waals surface area contributed by atoms with Crippen molar-refractivity contribution in [3.05, 3.63) is 23.8 Å². The van der Waals surface area contributed by atoms with Crippen molar-refractivity contribution < 1.29 is 4.74 Å². The van der Waals surface area contributed by atoms with Gasteiger partial charge in [0.1, 0.15) is 5.75 Å². The van der Waals surface area contributed by atoms with E-state index in [1.165, 1.54) is 49.8 Å². The summed E-state index contributed by atoms with van der Waals surface area (Å²) < 4.78 is 5.23. The summed E-state index contributed by atoms with van der Waals surface area (Å²) in [7, 11) is 1.72. The average Bonchev–Trinajstić information content (AvgIpc) is 2.66. The number of anilines is 1. The molecule has 0 amide bonds. The average molecular weight is 247 g/mol. The Hall–Kier alpha value is -1.18. The fourth-order valence-corrected chi connectivity index (χ4v) is 2.78. The normalized spacial score (nSPS) is 17.2. The highest BCUT2D eigenvalue weighted by molar-refractivity contribution is 5.53. The van der Waals surface area contributed by atoms with Crippen molar-refractivity contribution in [1.29, 1.82) is 0 Å². The zero-order chi connectivity index (χ0) is 12.8. The van der Waals surface area contributed by atoms with Gasteiger partial charge in [0.25, 0.3) is 0 Å². The fraction of sp³-hybridized carbons (Fsp3) is 0.625. The maximum absolute atomic E-state index is 5.23. The van der Waals surface area contributed by atoms with Gasteiger partial charge in [0, 0.05) is 12.2 Å². The molecule has 2 heteroatoms. The summed E-state index contributed by atoms with van der Waals surface area (Å²) >= 11 is 0. The van der Waals surface area contributed by atoms with E-state index in [1.807, 2.05) is 6.07 Å². The molecule has 0 spiro atoms. The van der Waals surface area contributed by atoms with E-state index in [2.05, 4.69) is 24.4 Å². The Balaban J connectivity index is 1.88. The Morgan fingerprint density at radius 1 is 1.17 bits per heavy atom. The topological polar surface area (TPSA) is 21.3 Å². The molecule has 0 aromatic heterocycles. The molecule has 100 valence electrons. The van der Waals surface area contributed by atoms with Crippen LogP contribution in [0.5, 0.6) is 5.75 Å². The van der Waals surface area contributed by atoms with Crippen LogP contribution in [-0.2, 0) is 0 Å². The summed E-state index contributed by atoms with van der Waals surface area (Å²) in [5.74, 6) is 1.79. The molecular formula is C16H25NO. The highest BCUT2D eigenvalue weighted by Gasteiger charge is 2.12. The zero-order valence-corrected chi connectivity index (χ0v) is 11.7. The predicted octanol–water partition coefficient (Wildman–Crippen LogP) is 4.39. The number of benzene rings is 1. The molecule has 0 atom stereocenters. The van der Waals surface area contributed by atoms with E-state index in [4.69, 9.17) is 4.74 Å². The Morgan fingerprint density at radius 3 is 2.50 bits per heavy atom. The van der Waals surface area contributed by atoms with Crippen molar-refractivity contribution in [1.82, 2.24) is 0 Å². The van der Waals surface area contributed by atoms with Gasteiger partial charge < -0.3 is 10.1 Å². The summed E-state index contributed by atoms with van der Waals surface area (Å²) in [4.78, 5) is 0. The van der Waals surface area contributed by atoms with E-state index in [0.29, 0.717) is 0 Å². The smallest absolute Gasteiger partial charge is 0.119 e. The van der Waals surface area contributed by atoms with Gasteiger partial charge in [-0.15, -0.1) is 0 Å². The van der Waals surface area contributed by atoms with Crippen LogP contribution < -0.4 is 10.1 Å². The standard InChI is InChI=1S/C16H25NO/c1-13-11-15(18-2)9-10-16(13)17-12-14-7-5-3-4-6-8-14/h9-11,14,17H,3-8,12H2,1-2H3. The van der Waals surface area contributed by atoms with Gasteiger partial charge in [-0.3, -0.25) is 0 Å². The van der Waals surface area contributed by atoms with Gasteiger partial charge in [-0.25, -0.2) is 0 Å². The summed E-state index contributed by atoms with van der Waals surface area (Å²) in [5.41, 5.74) is 2.52. The highest BCUT2D eigenvalue weighted by Crippen LogP contribution is 2.25. The van der Waals surface area contributed by atoms with E-state index in [-0.39, 0.29) is 0 Å². The van der Waals surface area contributed by atoms with E-state index in [9.17, 15) is 0 Å². The van der Waals surface area contributed by atoms with Crippen LogP contribution in [0.25, 0.3) is 0 Å². The number of hydrogen-bond donors (Lipinski definition) is 1. The van der Waals surface area contributed by atoms with Gasteiger partial charge in [0.15, 0.2) is 0 Å². The molecule has 1 fully saturated rings. The van der Waals surface area contributed by atoms with E-state index < -0.39 is 0 Å². The van der Waals surface area contributed by atoms with Crippen molar-refractivity contribution >= 4 is 5.69 Å². The minimum absolute atomic E-state index is 0.856. The largest absolute Gasteiger partial charge is 0.497 e. The van der Waals surface area contributed by atoms with Crippen LogP contribution in [0.15, 0.2) is 18.2 Å². The van der Waals surface area contributed by atoms with E-state index in [0.717, 1.165) is 18.2 Å². The molecule has 0 saturated heterocycles. The third kappa shape index (κ3) is 3.66. The molecule has 0 radical (unpaired) electrons. The number of aryl methyl sites for hydroxylation is 1. The van der Waals surface area contributed by atoms with Crippen LogP contribution in [0.1, 0.15) is 44.1 Å². The molecule has 1 aromatic carbocycles. The molecule has 0 unspecified atom stereocenters. The third-order valence-corrected chi connectivity index (χ3v) is 3.99. The van der Waals surface area contributed by atoms with Gasteiger partial charge in [-0.2, -0.15) is 0 Å². The highest BCUT2D eigenvalue weighted by atomic mass is 16.5.